The molecule has 3 heterocycles. The SMILES string of the molecule is COCCN1CC(C(=O)NC2CCC(n3ccc4cccnc43)CC2)CC1=O. The normalized spacial score (nSPS) is 25.4. The lowest BCUT2D eigenvalue weighted by Gasteiger charge is -2.31. The van der Waals surface area contributed by atoms with E-state index in [4.69, 9.17) is 4.74 Å². The van der Waals surface area contributed by atoms with Gasteiger partial charge in [-0.1, -0.05) is 0 Å². The van der Waals surface area contributed by atoms with Gasteiger partial charge in [-0.15, -0.1) is 0 Å². The van der Waals surface area contributed by atoms with Crippen LogP contribution in [0.4, 0.5) is 0 Å². The van der Waals surface area contributed by atoms with E-state index in [1.54, 1.807) is 12.0 Å². The summed E-state index contributed by atoms with van der Waals surface area (Å²) in [6.07, 6.45) is 8.23. The molecule has 7 heteroatoms. The van der Waals surface area contributed by atoms with Crippen LogP contribution in [0.1, 0.15) is 38.1 Å². The molecule has 2 amide bonds. The second-order valence-electron chi connectivity index (χ2n) is 7.89. The Labute approximate surface area is 165 Å². The first-order chi connectivity index (χ1) is 13.7. The zero-order valence-electron chi connectivity index (χ0n) is 16.3. The van der Waals surface area contributed by atoms with Crippen molar-refractivity contribution in [3.05, 3.63) is 30.6 Å². The van der Waals surface area contributed by atoms with E-state index in [9.17, 15) is 9.59 Å². The Hall–Kier alpha value is -2.41. The summed E-state index contributed by atoms with van der Waals surface area (Å²) < 4.78 is 7.31. The number of amides is 2. The van der Waals surface area contributed by atoms with Crippen LogP contribution < -0.4 is 5.32 Å². The van der Waals surface area contributed by atoms with Crippen LogP contribution in [-0.4, -0.2) is 59.1 Å². The third-order valence-corrected chi connectivity index (χ3v) is 6.06. The molecule has 7 nitrogen and oxygen atoms in total. The molecule has 2 fully saturated rings. The van der Waals surface area contributed by atoms with Gasteiger partial charge >= 0.3 is 0 Å². The lowest BCUT2D eigenvalue weighted by molar-refractivity contribution is -0.129. The number of nitrogens with one attached hydrogen (secondary N) is 1. The molecule has 150 valence electrons. The number of aromatic nitrogens is 2. The summed E-state index contributed by atoms with van der Waals surface area (Å²) in [7, 11) is 1.62. The number of rotatable bonds is 6. The standard InChI is InChI=1S/C21H28N4O3/c1-28-12-11-24-14-16(13-19(24)26)21(27)23-17-4-6-18(7-5-17)25-10-8-15-3-2-9-22-20(15)25/h2-3,8-10,16-18H,4-7,11-14H2,1H3,(H,23,27). The van der Waals surface area contributed by atoms with Crippen LogP contribution in [0, 0.1) is 5.92 Å². The molecule has 2 aromatic heterocycles. The Balaban J connectivity index is 1.29. The minimum Gasteiger partial charge on any atom is -0.383 e. The van der Waals surface area contributed by atoms with Crippen LogP contribution in [0.3, 0.4) is 0 Å². The van der Waals surface area contributed by atoms with Crippen molar-refractivity contribution in [1.29, 1.82) is 0 Å². The van der Waals surface area contributed by atoms with E-state index in [0.717, 1.165) is 31.3 Å². The van der Waals surface area contributed by atoms with Crippen LogP contribution in [0.15, 0.2) is 30.6 Å². The number of hydrogen-bond acceptors (Lipinski definition) is 4. The van der Waals surface area contributed by atoms with Crippen molar-refractivity contribution in [3.8, 4) is 0 Å². The average Bonchev–Trinajstić information content (AvgIpc) is 3.31. The maximum absolute atomic E-state index is 12.6. The van der Waals surface area contributed by atoms with Gasteiger partial charge in [-0.2, -0.15) is 0 Å². The fourth-order valence-electron chi connectivity index (χ4n) is 4.46. The van der Waals surface area contributed by atoms with Gasteiger partial charge in [0, 0.05) is 56.5 Å². The van der Waals surface area contributed by atoms with E-state index in [-0.39, 0.29) is 23.8 Å². The van der Waals surface area contributed by atoms with Gasteiger partial charge in [0.15, 0.2) is 0 Å². The number of methoxy groups -OCH3 is 1. The average molecular weight is 384 g/mol. The summed E-state index contributed by atoms with van der Waals surface area (Å²) in [6.45, 7) is 1.57. The molecule has 0 bridgehead atoms. The van der Waals surface area contributed by atoms with Gasteiger partial charge in [0.05, 0.1) is 12.5 Å². The maximum atomic E-state index is 12.6. The van der Waals surface area contributed by atoms with E-state index in [1.165, 1.54) is 5.39 Å². The molecule has 2 aromatic rings. The number of fused-ring (bicyclic) bond motifs is 1. The predicted octanol–water partition coefficient (Wildman–Crippen LogP) is 2.13. The molecule has 0 spiro atoms. The molecular formula is C21H28N4O3. The van der Waals surface area contributed by atoms with Gasteiger partial charge in [-0.25, -0.2) is 4.98 Å². The summed E-state index contributed by atoms with van der Waals surface area (Å²) in [5.41, 5.74) is 1.04. The summed E-state index contributed by atoms with van der Waals surface area (Å²) in [6, 6.07) is 6.79. The molecule has 1 aliphatic heterocycles. The first-order valence-electron chi connectivity index (χ1n) is 10.1. The number of ether oxygens (including phenoxy) is 1. The number of likely N-dealkylation sites (tertiary alicyclic amines) is 1. The van der Waals surface area contributed by atoms with Gasteiger partial charge in [-0.3, -0.25) is 9.59 Å². The number of carbonyl (C=O) groups excluding carboxylic acids is 2. The van der Waals surface area contributed by atoms with Crippen LogP contribution in [-0.2, 0) is 14.3 Å². The molecule has 4 rings (SSSR count). The first-order valence-corrected chi connectivity index (χ1v) is 10.1. The molecule has 1 saturated heterocycles. The minimum atomic E-state index is -0.236. The molecule has 1 atom stereocenters. The molecule has 1 aliphatic carbocycles. The fourth-order valence-corrected chi connectivity index (χ4v) is 4.46. The van der Waals surface area contributed by atoms with E-state index < -0.39 is 0 Å². The molecule has 1 unspecified atom stereocenters. The van der Waals surface area contributed by atoms with Crippen molar-refractivity contribution in [2.24, 2.45) is 5.92 Å². The van der Waals surface area contributed by atoms with Gasteiger partial charge in [0.1, 0.15) is 5.65 Å². The maximum Gasteiger partial charge on any atom is 0.225 e. The highest BCUT2D eigenvalue weighted by atomic mass is 16.5. The van der Waals surface area contributed by atoms with E-state index in [1.807, 2.05) is 12.3 Å². The number of nitrogens with zero attached hydrogens (tertiary/aromatic N) is 3. The fraction of sp³-hybridized carbons (Fsp3) is 0.571. The van der Waals surface area contributed by atoms with Crippen molar-refractivity contribution >= 4 is 22.8 Å². The number of pyridine rings is 1. The highest BCUT2D eigenvalue weighted by molar-refractivity contribution is 5.89. The molecule has 28 heavy (non-hydrogen) atoms. The smallest absolute Gasteiger partial charge is 0.225 e. The van der Waals surface area contributed by atoms with Crippen molar-refractivity contribution < 1.29 is 14.3 Å². The third-order valence-electron chi connectivity index (χ3n) is 6.06. The summed E-state index contributed by atoms with van der Waals surface area (Å²) in [5, 5.41) is 4.36. The molecular weight excluding hydrogens is 356 g/mol. The largest absolute Gasteiger partial charge is 0.383 e. The van der Waals surface area contributed by atoms with Crippen molar-refractivity contribution in [2.75, 3.05) is 26.8 Å². The zero-order chi connectivity index (χ0) is 19.5. The van der Waals surface area contributed by atoms with Crippen molar-refractivity contribution in [3.63, 3.8) is 0 Å². The van der Waals surface area contributed by atoms with Crippen LogP contribution in [0.2, 0.25) is 0 Å². The Bertz CT molecular complexity index is 841. The first kappa shape index (κ1) is 18.9. The van der Waals surface area contributed by atoms with Gasteiger partial charge < -0.3 is 19.5 Å². The third kappa shape index (κ3) is 3.90. The molecule has 2 aliphatic rings. The van der Waals surface area contributed by atoms with E-state index in [0.29, 0.717) is 32.2 Å². The summed E-state index contributed by atoms with van der Waals surface area (Å²) in [4.78, 5) is 30.9. The Morgan fingerprint density at radius 1 is 1.29 bits per heavy atom. The second-order valence-corrected chi connectivity index (χ2v) is 7.89. The highest BCUT2D eigenvalue weighted by Gasteiger charge is 2.35. The van der Waals surface area contributed by atoms with E-state index >= 15 is 0 Å². The molecule has 0 radical (unpaired) electrons. The van der Waals surface area contributed by atoms with Gasteiger partial charge in [-0.05, 0) is 43.9 Å². The van der Waals surface area contributed by atoms with Crippen LogP contribution in [0.25, 0.3) is 11.0 Å². The second kappa shape index (κ2) is 8.31. The van der Waals surface area contributed by atoms with Crippen molar-refractivity contribution in [1.82, 2.24) is 19.8 Å². The monoisotopic (exact) mass is 384 g/mol. The Kier molecular flexibility index (Phi) is 5.62. The molecule has 1 N–H and O–H groups in total. The van der Waals surface area contributed by atoms with E-state index in [2.05, 4.69) is 33.2 Å². The lowest BCUT2D eigenvalue weighted by atomic mass is 9.90. The quantitative estimate of drug-likeness (QED) is 0.828. The topological polar surface area (TPSA) is 76.5 Å². The number of carbonyl (C=O) groups is 2. The summed E-state index contributed by atoms with van der Waals surface area (Å²) in [5.74, 6) is -0.169. The molecule has 1 saturated carbocycles. The highest BCUT2D eigenvalue weighted by Crippen LogP contribution is 2.31. The zero-order valence-corrected chi connectivity index (χ0v) is 16.3. The van der Waals surface area contributed by atoms with Crippen LogP contribution >= 0.6 is 0 Å². The lowest BCUT2D eigenvalue weighted by Crippen LogP contribution is -2.42. The number of hydrogen-bond donors (Lipinski definition) is 1. The minimum absolute atomic E-state index is 0.0183. The predicted molar refractivity (Wildman–Crippen MR) is 106 cm³/mol. The summed E-state index contributed by atoms with van der Waals surface area (Å²) >= 11 is 0. The van der Waals surface area contributed by atoms with Crippen molar-refractivity contribution in [2.45, 2.75) is 44.2 Å². The van der Waals surface area contributed by atoms with Crippen LogP contribution in [0.5, 0.6) is 0 Å². The van der Waals surface area contributed by atoms with Gasteiger partial charge in [0.25, 0.3) is 0 Å². The Morgan fingerprint density at radius 3 is 2.89 bits per heavy atom. The molecule has 0 aromatic carbocycles. The van der Waals surface area contributed by atoms with Gasteiger partial charge in [0.2, 0.25) is 11.8 Å². The Morgan fingerprint density at radius 2 is 2.11 bits per heavy atom.